The third-order valence-electron chi connectivity index (χ3n) is 3.88. The number of carbonyl (C=O) groups excluding carboxylic acids is 2. The van der Waals surface area contributed by atoms with Crippen LogP contribution in [-0.2, 0) is 14.3 Å². The molecule has 1 heterocycles. The standard InChI is InChI=1S/C21H18FNO5/c1-12(2)20(24)27-17-9-4-13(11-18(17)26-3)10-16-21(25)28-19(23-16)14-5-7-15(22)8-6-14/h4-12H,1-3H3/b16-10+. The minimum atomic E-state index is -0.617. The Morgan fingerprint density at radius 1 is 1.14 bits per heavy atom. The molecule has 0 saturated heterocycles. The molecule has 0 amide bonds. The smallest absolute Gasteiger partial charge is 0.363 e. The molecule has 2 aromatic rings. The quantitative estimate of drug-likeness (QED) is 0.447. The predicted molar refractivity (Wildman–Crippen MR) is 100 cm³/mol. The second-order valence-corrected chi connectivity index (χ2v) is 6.33. The van der Waals surface area contributed by atoms with Crippen molar-refractivity contribution in [2.45, 2.75) is 13.8 Å². The van der Waals surface area contributed by atoms with Crippen LogP contribution in [0.25, 0.3) is 6.08 Å². The SMILES string of the molecule is COc1cc(/C=C2/N=C(c3ccc(F)cc3)OC2=O)ccc1OC(=O)C(C)C. The van der Waals surface area contributed by atoms with Crippen molar-refractivity contribution in [2.75, 3.05) is 7.11 Å². The summed E-state index contributed by atoms with van der Waals surface area (Å²) >= 11 is 0. The Kier molecular flexibility index (Phi) is 5.54. The molecule has 1 aliphatic rings. The highest BCUT2D eigenvalue weighted by Gasteiger charge is 2.24. The highest BCUT2D eigenvalue weighted by Crippen LogP contribution is 2.30. The maximum Gasteiger partial charge on any atom is 0.363 e. The normalized spacial score (nSPS) is 14.8. The zero-order chi connectivity index (χ0) is 20.3. The van der Waals surface area contributed by atoms with Gasteiger partial charge in [-0.2, -0.15) is 0 Å². The van der Waals surface area contributed by atoms with Gasteiger partial charge in [0.25, 0.3) is 0 Å². The second-order valence-electron chi connectivity index (χ2n) is 6.33. The fourth-order valence-electron chi connectivity index (χ4n) is 2.37. The van der Waals surface area contributed by atoms with Crippen LogP contribution in [0, 0.1) is 11.7 Å². The van der Waals surface area contributed by atoms with Crippen LogP contribution in [0.3, 0.4) is 0 Å². The van der Waals surface area contributed by atoms with Gasteiger partial charge in [0.2, 0.25) is 5.90 Å². The van der Waals surface area contributed by atoms with Gasteiger partial charge in [-0.05, 0) is 48.0 Å². The van der Waals surface area contributed by atoms with Gasteiger partial charge in [0, 0.05) is 5.56 Å². The number of methoxy groups -OCH3 is 1. The Hall–Kier alpha value is -3.48. The van der Waals surface area contributed by atoms with Crippen LogP contribution in [0.2, 0.25) is 0 Å². The Balaban J connectivity index is 1.87. The summed E-state index contributed by atoms with van der Waals surface area (Å²) in [6.45, 7) is 3.46. The summed E-state index contributed by atoms with van der Waals surface area (Å²) in [7, 11) is 1.45. The zero-order valence-electron chi connectivity index (χ0n) is 15.6. The molecule has 1 aliphatic heterocycles. The summed E-state index contributed by atoms with van der Waals surface area (Å²) < 4.78 is 28.8. The van der Waals surface area contributed by atoms with Crippen LogP contribution in [0.15, 0.2) is 53.2 Å². The number of rotatable bonds is 5. The van der Waals surface area contributed by atoms with E-state index in [1.807, 2.05) is 0 Å². The predicted octanol–water partition coefficient (Wildman–Crippen LogP) is 3.74. The molecule has 0 spiro atoms. The van der Waals surface area contributed by atoms with E-state index in [2.05, 4.69) is 4.99 Å². The summed E-state index contributed by atoms with van der Waals surface area (Å²) in [6, 6.07) is 10.3. The molecule has 0 aliphatic carbocycles. The average Bonchev–Trinajstić information content (AvgIpc) is 3.03. The molecule has 0 fully saturated rings. The maximum atomic E-state index is 13.0. The Morgan fingerprint density at radius 2 is 1.86 bits per heavy atom. The first kappa shape index (κ1) is 19.3. The molecule has 28 heavy (non-hydrogen) atoms. The largest absolute Gasteiger partial charge is 0.493 e. The number of carbonyl (C=O) groups is 2. The van der Waals surface area contributed by atoms with E-state index in [0.717, 1.165) is 0 Å². The fraction of sp³-hybridized carbons (Fsp3) is 0.190. The van der Waals surface area contributed by atoms with Gasteiger partial charge in [-0.3, -0.25) is 4.79 Å². The molecule has 0 radical (unpaired) electrons. The van der Waals surface area contributed by atoms with Crippen molar-refractivity contribution < 1.29 is 28.2 Å². The van der Waals surface area contributed by atoms with Gasteiger partial charge in [0.05, 0.1) is 13.0 Å². The third-order valence-corrected chi connectivity index (χ3v) is 3.88. The van der Waals surface area contributed by atoms with E-state index >= 15 is 0 Å². The number of ether oxygens (including phenoxy) is 3. The molecule has 3 rings (SSSR count). The molecule has 7 heteroatoms. The fourth-order valence-corrected chi connectivity index (χ4v) is 2.37. The Morgan fingerprint density at radius 3 is 2.50 bits per heavy atom. The Bertz CT molecular complexity index is 977. The monoisotopic (exact) mass is 383 g/mol. The van der Waals surface area contributed by atoms with Crippen LogP contribution in [0.1, 0.15) is 25.0 Å². The number of hydrogen-bond donors (Lipinski definition) is 0. The highest BCUT2D eigenvalue weighted by atomic mass is 19.1. The van der Waals surface area contributed by atoms with Gasteiger partial charge in [-0.15, -0.1) is 0 Å². The van der Waals surface area contributed by atoms with Crippen LogP contribution in [0.5, 0.6) is 11.5 Å². The molecule has 0 atom stereocenters. The van der Waals surface area contributed by atoms with E-state index in [1.54, 1.807) is 32.0 Å². The van der Waals surface area contributed by atoms with Crippen molar-refractivity contribution in [1.29, 1.82) is 0 Å². The van der Waals surface area contributed by atoms with E-state index in [-0.39, 0.29) is 29.2 Å². The van der Waals surface area contributed by atoms with Crippen LogP contribution >= 0.6 is 0 Å². The van der Waals surface area contributed by atoms with E-state index in [4.69, 9.17) is 14.2 Å². The van der Waals surface area contributed by atoms with Crippen molar-refractivity contribution in [2.24, 2.45) is 10.9 Å². The summed E-state index contributed by atoms with van der Waals surface area (Å²) in [4.78, 5) is 28.0. The number of benzene rings is 2. The molecule has 0 N–H and O–H groups in total. The number of aliphatic imine (C=N–C) groups is 1. The van der Waals surface area contributed by atoms with Gasteiger partial charge in [-0.25, -0.2) is 14.2 Å². The number of nitrogens with zero attached hydrogens (tertiary/aromatic N) is 1. The molecule has 0 bridgehead atoms. The number of hydrogen-bond acceptors (Lipinski definition) is 6. The first-order valence-corrected chi connectivity index (χ1v) is 8.55. The van der Waals surface area contributed by atoms with Gasteiger partial charge in [-0.1, -0.05) is 19.9 Å². The Labute approximate surface area is 161 Å². The van der Waals surface area contributed by atoms with Gasteiger partial charge in [0.15, 0.2) is 17.2 Å². The first-order valence-electron chi connectivity index (χ1n) is 8.55. The lowest BCUT2D eigenvalue weighted by molar-refractivity contribution is -0.137. The molecule has 6 nitrogen and oxygen atoms in total. The van der Waals surface area contributed by atoms with Gasteiger partial charge < -0.3 is 14.2 Å². The summed E-state index contributed by atoms with van der Waals surface area (Å²) in [5.41, 5.74) is 1.19. The van der Waals surface area contributed by atoms with Crippen LogP contribution in [0.4, 0.5) is 4.39 Å². The topological polar surface area (TPSA) is 74.2 Å². The summed E-state index contributed by atoms with van der Waals surface area (Å²) in [6.07, 6.45) is 1.52. The molecule has 2 aromatic carbocycles. The summed E-state index contributed by atoms with van der Waals surface area (Å²) in [5.74, 6) is -0.935. The lowest BCUT2D eigenvalue weighted by Crippen LogP contribution is -2.15. The lowest BCUT2D eigenvalue weighted by atomic mass is 10.1. The van der Waals surface area contributed by atoms with Gasteiger partial charge >= 0.3 is 11.9 Å². The molecule has 144 valence electrons. The van der Waals surface area contributed by atoms with Crippen molar-refractivity contribution >= 4 is 23.9 Å². The molecule has 0 unspecified atom stereocenters. The van der Waals surface area contributed by atoms with Crippen molar-refractivity contribution in [3.63, 3.8) is 0 Å². The summed E-state index contributed by atoms with van der Waals surface area (Å²) in [5, 5.41) is 0. The van der Waals surface area contributed by atoms with E-state index in [0.29, 0.717) is 16.9 Å². The number of halogens is 1. The maximum absolute atomic E-state index is 13.0. The van der Waals surface area contributed by atoms with E-state index < -0.39 is 11.8 Å². The first-order chi connectivity index (χ1) is 13.4. The number of esters is 2. The second kappa shape index (κ2) is 8.04. The van der Waals surface area contributed by atoms with E-state index in [9.17, 15) is 14.0 Å². The van der Waals surface area contributed by atoms with Crippen LogP contribution < -0.4 is 9.47 Å². The van der Waals surface area contributed by atoms with Crippen molar-refractivity contribution in [1.82, 2.24) is 0 Å². The minimum absolute atomic E-state index is 0.0910. The van der Waals surface area contributed by atoms with Crippen molar-refractivity contribution in [3.05, 3.63) is 65.1 Å². The molecular formula is C21H18FNO5. The molecular weight excluding hydrogens is 365 g/mol. The van der Waals surface area contributed by atoms with Crippen molar-refractivity contribution in [3.8, 4) is 11.5 Å². The van der Waals surface area contributed by atoms with E-state index in [1.165, 1.54) is 37.5 Å². The zero-order valence-corrected chi connectivity index (χ0v) is 15.6. The highest BCUT2D eigenvalue weighted by molar-refractivity contribution is 6.12. The number of cyclic esters (lactones) is 1. The molecule has 0 saturated carbocycles. The van der Waals surface area contributed by atoms with Gasteiger partial charge in [0.1, 0.15) is 5.82 Å². The molecule has 0 aromatic heterocycles. The lowest BCUT2D eigenvalue weighted by Gasteiger charge is -2.11. The third kappa shape index (κ3) is 4.25. The minimum Gasteiger partial charge on any atom is -0.493 e. The average molecular weight is 383 g/mol. The van der Waals surface area contributed by atoms with Crippen LogP contribution in [-0.4, -0.2) is 24.9 Å².